The van der Waals surface area contributed by atoms with E-state index in [-0.39, 0.29) is 23.7 Å². The monoisotopic (exact) mass is 434 g/mol. The van der Waals surface area contributed by atoms with Gasteiger partial charge in [-0.3, -0.25) is 9.59 Å². The summed E-state index contributed by atoms with van der Waals surface area (Å²) < 4.78 is 29.8. The number of carbonyl (C=O) groups excluding carboxylic acids is 2. The van der Waals surface area contributed by atoms with Crippen molar-refractivity contribution in [3.8, 4) is 11.5 Å². The first kappa shape index (κ1) is 20.9. The Labute approximate surface area is 182 Å². The van der Waals surface area contributed by atoms with Crippen molar-refractivity contribution in [2.45, 2.75) is 0 Å². The molecule has 162 valence electrons. The Morgan fingerprint density at radius 2 is 1.72 bits per heavy atom. The van der Waals surface area contributed by atoms with Crippen molar-refractivity contribution < 1.29 is 27.9 Å². The van der Waals surface area contributed by atoms with Crippen LogP contribution in [0.15, 0.2) is 77.2 Å². The molecule has 32 heavy (non-hydrogen) atoms. The number of rotatable bonds is 7. The Morgan fingerprint density at radius 1 is 0.938 bits per heavy atom. The summed E-state index contributed by atoms with van der Waals surface area (Å²) in [5, 5.41) is 5.81. The number of hydrogen-bond donors (Lipinski definition) is 2. The molecule has 0 saturated heterocycles. The van der Waals surface area contributed by atoms with Gasteiger partial charge in [-0.25, -0.2) is 4.39 Å². The molecule has 2 N–H and O–H groups in total. The zero-order valence-electron chi connectivity index (χ0n) is 17.1. The van der Waals surface area contributed by atoms with E-state index >= 15 is 0 Å². The summed E-state index contributed by atoms with van der Waals surface area (Å²) in [4.78, 5) is 25.4. The molecular weight excluding hydrogens is 415 g/mol. The Bertz CT molecular complexity index is 1280. The molecule has 0 aliphatic carbocycles. The molecule has 0 aliphatic heterocycles. The van der Waals surface area contributed by atoms with Crippen LogP contribution in [0.5, 0.6) is 11.5 Å². The number of benzene rings is 3. The molecule has 4 rings (SSSR count). The van der Waals surface area contributed by atoms with E-state index in [9.17, 15) is 14.0 Å². The summed E-state index contributed by atoms with van der Waals surface area (Å²) in [7, 11) is 1.53. The number of para-hydroxylation sites is 1. The zero-order valence-corrected chi connectivity index (χ0v) is 17.1. The smallest absolute Gasteiger partial charge is 0.293 e. The molecule has 0 spiro atoms. The second kappa shape index (κ2) is 9.22. The Hall–Kier alpha value is -4.33. The third kappa shape index (κ3) is 4.70. The van der Waals surface area contributed by atoms with Crippen LogP contribution in [0.4, 0.5) is 15.8 Å². The highest BCUT2D eigenvalue weighted by molar-refractivity contribution is 6.14. The number of methoxy groups -OCH3 is 1. The fraction of sp³-hybridized carbons (Fsp3) is 0.0833. The Kier molecular flexibility index (Phi) is 6.03. The van der Waals surface area contributed by atoms with E-state index in [1.165, 1.54) is 25.3 Å². The average molecular weight is 434 g/mol. The minimum absolute atomic E-state index is 0.106. The van der Waals surface area contributed by atoms with Gasteiger partial charge in [0.1, 0.15) is 28.6 Å². The van der Waals surface area contributed by atoms with Crippen LogP contribution < -0.4 is 20.1 Å². The number of ether oxygens (including phenoxy) is 2. The molecule has 7 nitrogen and oxygen atoms in total. The van der Waals surface area contributed by atoms with E-state index < -0.39 is 17.6 Å². The first-order chi connectivity index (χ1) is 15.5. The number of furan rings is 1. The van der Waals surface area contributed by atoms with Gasteiger partial charge >= 0.3 is 0 Å². The van der Waals surface area contributed by atoms with Gasteiger partial charge in [0.15, 0.2) is 6.61 Å². The van der Waals surface area contributed by atoms with Gasteiger partial charge in [0.25, 0.3) is 11.8 Å². The predicted molar refractivity (Wildman–Crippen MR) is 118 cm³/mol. The van der Waals surface area contributed by atoms with E-state index in [1.807, 2.05) is 0 Å². The molecule has 1 heterocycles. The molecule has 0 saturated carbocycles. The van der Waals surface area contributed by atoms with E-state index in [4.69, 9.17) is 13.9 Å². The number of halogens is 1. The van der Waals surface area contributed by atoms with Crippen molar-refractivity contribution in [2.75, 3.05) is 24.4 Å². The molecule has 2 amide bonds. The van der Waals surface area contributed by atoms with Gasteiger partial charge in [-0.2, -0.15) is 0 Å². The third-order valence-corrected chi connectivity index (χ3v) is 4.56. The predicted octanol–water partition coefficient (Wildman–Crippen LogP) is 4.85. The second-order valence-electron chi connectivity index (χ2n) is 6.78. The molecular formula is C24H19FN2O5. The van der Waals surface area contributed by atoms with Crippen LogP contribution >= 0.6 is 0 Å². The van der Waals surface area contributed by atoms with Gasteiger partial charge in [0.05, 0.1) is 7.11 Å². The molecule has 0 radical (unpaired) electrons. The standard InChI is InChI=1S/C24H19FN2O5/c1-30-17-8-5-9-18(13-17)31-14-21(28)27-22-19-10-2-3-11-20(19)32-23(22)24(29)26-16-7-4-6-15(25)12-16/h2-13H,14H2,1H3,(H,26,29)(H,27,28). The van der Waals surface area contributed by atoms with E-state index in [0.29, 0.717) is 22.5 Å². The van der Waals surface area contributed by atoms with Crippen LogP contribution in [0.1, 0.15) is 10.6 Å². The summed E-state index contributed by atoms with van der Waals surface area (Å²) in [6, 6.07) is 19.2. The van der Waals surface area contributed by atoms with Crippen molar-refractivity contribution in [1.29, 1.82) is 0 Å². The number of hydrogen-bond acceptors (Lipinski definition) is 5. The van der Waals surface area contributed by atoms with E-state index in [2.05, 4.69) is 10.6 Å². The summed E-state index contributed by atoms with van der Waals surface area (Å²) in [5.74, 6) is -0.656. The highest BCUT2D eigenvalue weighted by atomic mass is 19.1. The maximum absolute atomic E-state index is 13.5. The molecule has 4 aromatic rings. The quantitative estimate of drug-likeness (QED) is 0.434. The van der Waals surface area contributed by atoms with Crippen LogP contribution in [0.2, 0.25) is 0 Å². The molecule has 0 unspecified atom stereocenters. The third-order valence-electron chi connectivity index (χ3n) is 4.56. The lowest BCUT2D eigenvalue weighted by molar-refractivity contribution is -0.118. The molecule has 0 atom stereocenters. The topological polar surface area (TPSA) is 89.8 Å². The molecule has 1 aromatic heterocycles. The molecule has 0 bridgehead atoms. The molecule has 8 heteroatoms. The van der Waals surface area contributed by atoms with Crippen molar-refractivity contribution in [1.82, 2.24) is 0 Å². The number of carbonyl (C=O) groups is 2. The second-order valence-corrected chi connectivity index (χ2v) is 6.78. The lowest BCUT2D eigenvalue weighted by Gasteiger charge is -2.09. The van der Waals surface area contributed by atoms with Gasteiger partial charge in [-0.15, -0.1) is 0 Å². The number of fused-ring (bicyclic) bond motifs is 1. The van der Waals surface area contributed by atoms with E-state index in [1.54, 1.807) is 54.6 Å². The highest BCUT2D eigenvalue weighted by Crippen LogP contribution is 2.31. The van der Waals surface area contributed by atoms with Gasteiger partial charge < -0.3 is 24.5 Å². The highest BCUT2D eigenvalue weighted by Gasteiger charge is 2.22. The van der Waals surface area contributed by atoms with Crippen molar-refractivity contribution in [3.05, 3.63) is 84.4 Å². The summed E-state index contributed by atoms with van der Waals surface area (Å²) >= 11 is 0. The number of anilines is 2. The Morgan fingerprint density at radius 3 is 2.53 bits per heavy atom. The van der Waals surface area contributed by atoms with Crippen LogP contribution in [-0.4, -0.2) is 25.5 Å². The maximum Gasteiger partial charge on any atom is 0.293 e. The van der Waals surface area contributed by atoms with Crippen LogP contribution in [0.25, 0.3) is 11.0 Å². The van der Waals surface area contributed by atoms with Gasteiger partial charge in [0.2, 0.25) is 5.76 Å². The number of nitrogens with one attached hydrogen (secondary N) is 2. The largest absolute Gasteiger partial charge is 0.497 e. The zero-order chi connectivity index (χ0) is 22.5. The van der Waals surface area contributed by atoms with Crippen LogP contribution in [0, 0.1) is 5.82 Å². The first-order valence-corrected chi connectivity index (χ1v) is 9.68. The van der Waals surface area contributed by atoms with Gasteiger partial charge in [-0.05, 0) is 42.5 Å². The summed E-state index contributed by atoms with van der Waals surface area (Å²) in [6.07, 6.45) is 0. The minimum atomic E-state index is -0.629. The first-order valence-electron chi connectivity index (χ1n) is 9.68. The maximum atomic E-state index is 13.5. The van der Waals surface area contributed by atoms with Crippen LogP contribution in [0.3, 0.4) is 0 Å². The summed E-state index contributed by atoms with van der Waals surface area (Å²) in [5.41, 5.74) is 0.878. The van der Waals surface area contributed by atoms with E-state index in [0.717, 1.165) is 0 Å². The van der Waals surface area contributed by atoms with Gasteiger partial charge in [-0.1, -0.05) is 24.3 Å². The van der Waals surface area contributed by atoms with Crippen molar-refractivity contribution >= 4 is 34.2 Å². The minimum Gasteiger partial charge on any atom is -0.497 e. The summed E-state index contributed by atoms with van der Waals surface area (Å²) in [6.45, 7) is -0.294. The lowest BCUT2D eigenvalue weighted by atomic mass is 10.2. The molecule has 0 fully saturated rings. The lowest BCUT2D eigenvalue weighted by Crippen LogP contribution is -2.22. The van der Waals surface area contributed by atoms with Crippen LogP contribution in [-0.2, 0) is 4.79 Å². The SMILES string of the molecule is COc1cccc(OCC(=O)Nc2c(C(=O)Nc3cccc(F)c3)oc3ccccc23)c1. The molecule has 3 aromatic carbocycles. The fourth-order valence-corrected chi connectivity index (χ4v) is 3.10. The van der Waals surface area contributed by atoms with Crippen molar-refractivity contribution in [3.63, 3.8) is 0 Å². The van der Waals surface area contributed by atoms with Crippen molar-refractivity contribution in [2.24, 2.45) is 0 Å². The Balaban J connectivity index is 1.54. The molecule has 0 aliphatic rings. The van der Waals surface area contributed by atoms with Gasteiger partial charge in [0, 0.05) is 17.1 Å². The fourth-order valence-electron chi connectivity index (χ4n) is 3.10. The number of amides is 2. The normalized spacial score (nSPS) is 10.6. The average Bonchev–Trinajstić information content (AvgIpc) is 3.16.